The minimum Gasteiger partial charge on any atom is -0.490 e. The molecule has 0 spiro atoms. The van der Waals surface area contributed by atoms with Crippen LogP contribution in [0.2, 0.25) is 5.02 Å². The molecule has 0 atom stereocenters. The van der Waals surface area contributed by atoms with Gasteiger partial charge in [0, 0.05) is 17.7 Å². The van der Waals surface area contributed by atoms with Crippen molar-refractivity contribution in [2.24, 2.45) is 0 Å². The zero-order valence-electron chi connectivity index (χ0n) is 16.2. The first-order valence-corrected chi connectivity index (χ1v) is 9.81. The largest absolute Gasteiger partial charge is 0.490 e. The topological polar surface area (TPSA) is 38.8 Å². The highest BCUT2D eigenvalue weighted by atomic mass is 35.5. The second-order valence-corrected chi connectivity index (χ2v) is 6.80. The maximum atomic E-state index is 13.0. The monoisotopic (exact) mass is 397 g/mol. The van der Waals surface area contributed by atoms with Crippen LogP contribution >= 0.6 is 11.6 Å². The summed E-state index contributed by atoms with van der Waals surface area (Å²) < 4.78 is 11.4. The van der Waals surface area contributed by atoms with Crippen molar-refractivity contribution < 1.29 is 14.3 Å². The van der Waals surface area contributed by atoms with Gasteiger partial charge in [0.2, 0.25) is 0 Å². The lowest BCUT2D eigenvalue weighted by Crippen LogP contribution is -2.26. The maximum Gasteiger partial charge on any atom is 0.258 e. The molecule has 3 rings (SSSR count). The van der Waals surface area contributed by atoms with Crippen LogP contribution in [-0.4, -0.2) is 25.7 Å². The van der Waals surface area contributed by atoms with Crippen LogP contribution in [0.1, 0.15) is 31.4 Å². The fourth-order valence-electron chi connectivity index (χ4n) is 3.28. The highest BCUT2D eigenvalue weighted by Crippen LogP contribution is 2.41. The summed E-state index contributed by atoms with van der Waals surface area (Å²) in [5, 5.41) is 0.434. The van der Waals surface area contributed by atoms with Gasteiger partial charge in [-0.2, -0.15) is 0 Å². The minimum atomic E-state index is 0.00381. The molecule has 0 radical (unpaired) electrons. The first kappa shape index (κ1) is 20.0. The van der Waals surface area contributed by atoms with E-state index in [2.05, 4.69) is 13.5 Å². The summed E-state index contributed by atoms with van der Waals surface area (Å²) in [6.07, 6.45) is 4.41. The summed E-state index contributed by atoms with van der Waals surface area (Å²) in [6.45, 7) is 9.12. The molecule has 0 saturated carbocycles. The lowest BCUT2D eigenvalue weighted by molar-refractivity contribution is -0.113. The van der Waals surface area contributed by atoms with Crippen molar-refractivity contribution in [1.29, 1.82) is 0 Å². The summed E-state index contributed by atoms with van der Waals surface area (Å²) in [6, 6.07) is 11.5. The highest BCUT2D eigenvalue weighted by molar-refractivity contribution is 6.36. The van der Waals surface area contributed by atoms with Gasteiger partial charge in [-0.05, 0) is 43.2 Å². The Bertz CT molecular complexity index is 920. The number of amides is 1. The zero-order chi connectivity index (χ0) is 20.1. The van der Waals surface area contributed by atoms with E-state index >= 15 is 0 Å². The molecule has 2 aromatic carbocycles. The van der Waals surface area contributed by atoms with E-state index in [1.54, 1.807) is 12.1 Å². The van der Waals surface area contributed by atoms with Gasteiger partial charge in [0.1, 0.15) is 6.61 Å². The summed E-state index contributed by atoms with van der Waals surface area (Å²) in [4.78, 5) is 14.8. The second kappa shape index (κ2) is 8.98. The number of benzene rings is 2. The summed E-state index contributed by atoms with van der Waals surface area (Å²) in [5.41, 5.74) is 3.32. The van der Waals surface area contributed by atoms with E-state index in [1.807, 2.05) is 48.2 Å². The van der Waals surface area contributed by atoms with Crippen molar-refractivity contribution in [3.63, 3.8) is 0 Å². The van der Waals surface area contributed by atoms with Crippen LogP contribution in [0.3, 0.4) is 0 Å². The Morgan fingerprint density at radius 2 is 1.96 bits per heavy atom. The number of halogens is 1. The molecule has 0 unspecified atom stereocenters. The van der Waals surface area contributed by atoms with Crippen molar-refractivity contribution in [2.45, 2.75) is 20.3 Å². The third-order valence-corrected chi connectivity index (χ3v) is 4.68. The predicted octanol–water partition coefficient (Wildman–Crippen LogP) is 5.60. The number of fused-ring (bicyclic) bond motifs is 1. The molecule has 28 heavy (non-hydrogen) atoms. The van der Waals surface area contributed by atoms with Crippen LogP contribution < -0.4 is 14.4 Å². The Hall–Kier alpha value is -2.72. The van der Waals surface area contributed by atoms with Crippen LogP contribution in [-0.2, 0) is 4.79 Å². The summed E-state index contributed by atoms with van der Waals surface area (Å²) in [5.74, 6) is 1.04. The van der Waals surface area contributed by atoms with Gasteiger partial charge in [-0.15, -0.1) is 0 Å². The van der Waals surface area contributed by atoms with Crippen LogP contribution in [0.5, 0.6) is 11.5 Å². The number of carbonyl (C=O) groups is 1. The van der Waals surface area contributed by atoms with Crippen molar-refractivity contribution in [2.75, 3.05) is 24.7 Å². The van der Waals surface area contributed by atoms with Gasteiger partial charge in [0.15, 0.2) is 11.5 Å². The minimum absolute atomic E-state index is 0.00381. The van der Waals surface area contributed by atoms with E-state index in [0.29, 0.717) is 41.9 Å². The quantitative estimate of drug-likeness (QED) is 0.430. The molecule has 1 heterocycles. The number of anilines is 1. The van der Waals surface area contributed by atoms with E-state index in [0.717, 1.165) is 23.2 Å². The Balaban J connectivity index is 2.05. The van der Waals surface area contributed by atoms with E-state index in [-0.39, 0.29) is 5.91 Å². The molecule has 0 N–H and O–H groups in total. The normalized spacial score (nSPS) is 14.3. The third-order valence-electron chi connectivity index (χ3n) is 4.40. The summed E-state index contributed by atoms with van der Waals surface area (Å²) in [7, 11) is 0. The molecule has 4 nitrogen and oxygen atoms in total. The first-order chi connectivity index (χ1) is 13.6. The van der Waals surface area contributed by atoms with Crippen molar-refractivity contribution in [1.82, 2.24) is 0 Å². The van der Waals surface area contributed by atoms with E-state index < -0.39 is 0 Å². The molecule has 0 aromatic heterocycles. The number of hydrogen-bond donors (Lipinski definition) is 0. The van der Waals surface area contributed by atoms with Crippen LogP contribution in [0.25, 0.3) is 11.6 Å². The van der Waals surface area contributed by atoms with E-state index in [1.165, 1.54) is 0 Å². The van der Waals surface area contributed by atoms with Gasteiger partial charge < -0.3 is 14.4 Å². The Morgan fingerprint density at radius 3 is 2.68 bits per heavy atom. The number of nitrogens with zero attached hydrogens (tertiary/aromatic N) is 1. The standard InChI is InChI=1S/C23H24ClNO3/c1-4-11-25-20-10-8-7-9-17(20)18(23(25)26)13-16-14-19(24)22(28-12-5-2)21(15-16)27-6-3/h5,7-10,13-15H,2,4,6,11-12H2,1,3H3/b18-13-. The van der Waals surface area contributed by atoms with Gasteiger partial charge >= 0.3 is 0 Å². The van der Waals surface area contributed by atoms with Gasteiger partial charge in [0.05, 0.1) is 17.3 Å². The van der Waals surface area contributed by atoms with Crippen LogP contribution in [0.4, 0.5) is 5.69 Å². The average Bonchev–Trinajstić information content (AvgIpc) is 2.94. The van der Waals surface area contributed by atoms with Gasteiger partial charge in [-0.1, -0.05) is 49.4 Å². The van der Waals surface area contributed by atoms with Crippen LogP contribution in [0.15, 0.2) is 49.1 Å². The van der Waals surface area contributed by atoms with E-state index in [4.69, 9.17) is 21.1 Å². The lowest BCUT2D eigenvalue weighted by atomic mass is 10.0. The second-order valence-electron chi connectivity index (χ2n) is 6.39. The smallest absolute Gasteiger partial charge is 0.258 e. The first-order valence-electron chi connectivity index (χ1n) is 9.43. The molecule has 1 aliphatic heterocycles. The number of carbonyl (C=O) groups excluding carboxylic acids is 1. The molecule has 146 valence electrons. The molecular formula is C23H24ClNO3. The predicted molar refractivity (Wildman–Crippen MR) is 115 cm³/mol. The Labute approximate surface area is 171 Å². The lowest BCUT2D eigenvalue weighted by Gasteiger charge is -2.15. The zero-order valence-corrected chi connectivity index (χ0v) is 17.0. The molecule has 0 fully saturated rings. The molecule has 0 aliphatic carbocycles. The molecule has 0 bridgehead atoms. The van der Waals surface area contributed by atoms with Crippen molar-refractivity contribution in [3.8, 4) is 11.5 Å². The van der Waals surface area contributed by atoms with Crippen molar-refractivity contribution in [3.05, 3.63) is 65.2 Å². The van der Waals surface area contributed by atoms with Crippen LogP contribution in [0, 0.1) is 0 Å². The van der Waals surface area contributed by atoms with Gasteiger partial charge in [0.25, 0.3) is 5.91 Å². The Kier molecular flexibility index (Phi) is 6.42. The summed E-state index contributed by atoms with van der Waals surface area (Å²) >= 11 is 6.44. The third kappa shape index (κ3) is 3.92. The van der Waals surface area contributed by atoms with E-state index in [9.17, 15) is 4.79 Å². The maximum absolute atomic E-state index is 13.0. The molecule has 0 saturated heterocycles. The van der Waals surface area contributed by atoms with Gasteiger partial charge in [-0.25, -0.2) is 0 Å². The number of hydrogen-bond acceptors (Lipinski definition) is 3. The Morgan fingerprint density at radius 1 is 1.18 bits per heavy atom. The molecular weight excluding hydrogens is 374 g/mol. The highest BCUT2D eigenvalue weighted by Gasteiger charge is 2.31. The molecule has 2 aromatic rings. The molecule has 1 amide bonds. The fourth-order valence-corrected chi connectivity index (χ4v) is 3.55. The van der Waals surface area contributed by atoms with Crippen molar-refractivity contribution >= 4 is 34.8 Å². The molecule has 1 aliphatic rings. The fraction of sp³-hybridized carbons (Fsp3) is 0.261. The number of ether oxygens (including phenoxy) is 2. The number of rotatable bonds is 8. The number of para-hydroxylation sites is 1. The van der Waals surface area contributed by atoms with Gasteiger partial charge in [-0.3, -0.25) is 4.79 Å². The average molecular weight is 398 g/mol. The SMILES string of the molecule is C=CCOc1c(Cl)cc(/C=C2\C(=O)N(CCC)c3ccccc32)cc1OCC. The molecule has 5 heteroatoms.